The second-order valence-electron chi connectivity index (χ2n) is 3.86. The van der Waals surface area contributed by atoms with E-state index in [2.05, 4.69) is 10.3 Å². The fraction of sp³-hybridized carbons (Fsp3) is 0.444. The molecule has 0 saturated heterocycles. The number of nitrogens with zero attached hydrogens (tertiary/aromatic N) is 1. The van der Waals surface area contributed by atoms with Gasteiger partial charge in [0.2, 0.25) is 0 Å². The van der Waals surface area contributed by atoms with Gasteiger partial charge in [0, 0.05) is 11.6 Å². The number of anilines is 1. The molecule has 0 amide bonds. The normalized spacial score (nSPS) is 11.5. The summed E-state index contributed by atoms with van der Waals surface area (Å²) >= 11 is 5.59. The van der Waals surface area contributed by atoms with Crippen LogP contribution < -0.4 is 5.32 Å². The number of pyridine rings is 1. The highest BCUT2D eigenvalue weighted by Gasteiger charge is 2.11. The van der Waals surface area contributed by atoms with Gasteiger partial charge in [0.15, 0.2) is 5.82 Å². The minimum atomic E-state index is -0.499. The molecule has 1 N–H and O–H groups in total. The highest BCUT2D eigenvalue weighted by atomic mass is 35.5. The monoisotopic (exact) mass is 202 g/mol. The van der Waals surface area contributed by atoms with Gasteiger partial charge in [-0.25, -0.2) is 9.37 Å². The molecule has 0 radical (unpaired) electrons. The lowest BCUT2D eigenvalue weighted by Crippen LogP contribution is -2.26. The molecule has 0 aliphatic rings. The molecule has 1 heterocycles. The third-order valence-corrected chi connectivity index (χ3v) is 1.60. The number of nitrogens with one attached hydrogen (secondary N) is 1. The number of halogens is 2. The van der Waals surface area contributed by atoms with Gasteiger partial charge in [0.1, 0.15) is 5.82 Å². The first-order valence-corrected chi connectivity index (χ1v) is 4.35. The third kappa shape index (κ3) is 3.19. The van der Waals surface area contributed by atoms with Crippen LogP contribution in [0.1, 0.15) is 20.8 Å². The minimum Gasteiger partial charge on any atom is -0.365 e. The predicted molar refractivity (Wildman–Crippen MR) is 52.6 cm³/mol. The van der Waals surface area contributed by atoms with Gasteiger partial charge in [-0.2, -0.15) is 0 Å². The molecular weight excluding hydrogens is 191 g/mol. The van der Waals surface area contributed by atoms with E-state index < -0.39 is 5.82 Å². The SMILES string of the molecule is CC(C)(C)Nc1cc(Cl)c(F)cn1. The molecule has 0 spiro atoms. The van der Waals surface area contributed by atoms with Crippen molar-refractivity contribution in [2.45, 2.75) is 26.3 Å². The van der Waals surface area contributed by atoms with Gasteiger partial charge in [0.25, 0.3) is 0 Å². The minimum absolute atomic E-state index is 0.0850. The molecule has 72 valence electrons. The Morgan fingerprint density at radius 2 is 2.08 bits per heavy atom. The molecule has 13 heavy (non-hydrogen) atoms. The molecular formula is C9H12ClFN2. The summed E-state index contributed by atoms with van der Waals surface area (Å²) < 4.78 is 12.7. The lowest BCUT2D eigenvalue weighted by atomic mass is 10.1. The Labute approximate surface area is 82.1 Å². The van der Waals surface area contributed by atoms with Gasteiger partial charge in [-0.05, 0) is 20.8 Å². The lowest BCUT2D eigenvalue weighted by Gasteiger charge is -2.21. The van der Waals surface area contributed by atoms with Crippen molar-refractivity contribution in [1.82, 2.24) is 4.98 Å². The molecule has 0 saturated carbocycles. The molecule has 1 aromatic heterocycles. The topological polar surface area (TPSA) is 24.9 Å². The van der Waals surface area contributed by atoms with E-state index in [1.165, 1.54) is 6.07 Å². The van der Waals surface area contributed by atoms with E-state index in [4.69, 9.17) is 11.6 Å². The standard InChI is InChI=1S/C9H12ClFN2/c1-9(2,3)13-8-4-6(10)7(11)5-12-8/h4-5H,1-3H3,(H,12,13). The van der Waals surface area contributed by atoms with Crippen molar-refractivity contribution in [2.24, 2.45) is 0 Å². The summed E-state index contributed by atoms with van der Waals surface area (Å²) in [6.07, 6.45) is 1.11. The van der Waals surface area contributed by atoms with Crippen LogP contribution >= 0.6 is 11.6 Å². The van der Waals surface area contributed by atoms with E-state index in [0.717, 1.165) is 6.20 Å². The largest absolute Gasteiger partial charge is 0.365 e. The van der Waals surface area contributed by atoms with Crippen molar-refractivity contribution in [3.05, 3.63) is 23.1 Å². The average Bonchev–Trinajstić information content (AvgIpc) is 1.94. The summed E-state index contributed by atoms with van der Waals surface area (Å²) in [4.78, 5) is 3.85. The van der Waals surface area contributed by atoms with Gasteiger partial charge >= 0.3 is 0 Å². The zero-order valence-electron chi connectivity index (χ0n) is 7.86. The van der Waals surface area contributed by atoms with Crippen LogP contribution in [0.2, 0.25) is 5.02 Å². The molecule has 0 atom stereocenters. The molecule has 1 rings (SSSR count). The van der Waals surface area contributed by atoms with Crippen LogP contribution in [-0.2, 0) is 0 Å². The molecule has 0 unspecified atom stereocenters. The number of aromatic nitrogens is 1. The van der Waals surface area contributed by atoms with Gasteiger partial charge in [-0.1, -0.05) is 11.6 Å². The van der Waals surface area contributed by atoms with E-state index in [1.807, 2.05) is 20.8 Å². The summed E-state index contributed by atoms with van der Waals surface area (Å²) in [7, 11) is 0. The second kappa shape index (κ2) is 3.50. The molecule has 2 nitrogen and oxygen atoms in total. The van der Waals surface area contributed by atoms with Crippen LogP contribution in [0.15, 0.2) is 12.3 Å². The maximum atomic E-state index is 12.7. The zero-order chi connectivity index (χ0) is 10.1. The van der Waals surface area contributed by atoms with E-state index in [1.54, 1.807) is 0 Å². The maximum absolute atomic E-state index is 12.7. The van der Waals surface area contributed by atoms with E-state index in [0.29, 0.717) is 5.82 Å². The Balaban J connectivity index is 2.86. The van der Waals surface area contributed by atoms with Crippen molar-refractivity contribution in [2.75, 3.05) is 5.32 Å². The third-order valence-electron chi connectivity index (χ3n) is 1.31. The lowest BCUT2D eigenvalue weighted by molar-refractivity contribution is 0.613. The summed E-state index contributed by atoms with van der Waals surface area (Å²) in [6, 6.07) is 1.47. The fourth-order valence-corrected chi connectivity index (χ4v) is 1.02. The van der Waals surface area contributed by atoms with Gasteiger partial charge in [-0.3, -0.25) is 0 Å². The summed E-state index contributed by atoms with van der Waals surface area (Å²) in [6.45, 7) is 5.98. The van der Waals surface area contributed by atoms with E-state index in [9.17, 15) is 4.39 Å². The molecule has 0 bridgehead atoms. The molecule has 0 aliphatic carbocycles. The first kappa shape index (κ1) is 10.3. The molecule has 4 heteroatoms. The van der Waals surface area contributed by atoms with Crippen LogP contribution in [0.3, 0.4) is 0 Å². The smallest absolute Gasteiger partial charge is 0.160 e. The maximum Gasteiger partial charge on any atom is 0.160 e. The van der Waals surface area contributed by atoms with Crippen LogP contribution in [0.4, 0.5) is 10.2 Å². The molecule has 0 fully saturated rings. The summed E-state index contributed by atoms with van der Waals surface area (Å²) in [5.74, 6) is 0.0834. The highest BCUT2D eigenvalue weighted by molar-refractivity contribution is 6.30. The van der Waals surface area contributed by atoms with Gasteiger partial charge in [-0.15, -0.1) is 0 Å². The molecule has 0 aromatic carbocycles. The Morgan fingerprint density at radius 1 is 1.46 bits per heavy atom. The van der Waals surface area contributed by atoms with Crippen molar-refractivity contribution < 1.29 is 4.39 Å². The zero-order valence-corrected chi connectivity index (χ0v) is 8.61. The van der Waals surface area contributed by atoms with Crippen LogP contribution in [0.5, 0.6) is 0 Å². The Kier molecular flexibility index (Phi) is 2.76. The summed E-state index contributed by atoms with van der Waals surface area (Å²) in [5.41, 5.74) is -0.103. The van der Waals surface area contributed by atoms with Crippen molar-refractivity contribution >= 4 is 17.4 Å². The van der Waals surface area contributed by atoms with Crippen LogP contribution in [0, 0.1) is 5.82 Å². The van der Waals surface area contributed by atoms with Crippen molar-refractivity contribution in [1.29, 1.82) is 0 Å². The Hall–Kier alpha value is -0.830. The summed E-state index contributed by atoms with van der Waals surface area (Å²) in [5, 5.41) is 3.17. The average molecular weight is 203 g/mol. The number of rotatable bonds is 1. The molecule has 0 aliphatic heterocycles. The van der Waals surface area contributed by atoms with Crippen LogP contribution in [-0.4, -0.2) is 10.5 Å². The molecule has 1 aromatic rings. The van der Waals surface area contributed by atoms with Gasteiger partial charge < -0.3 is 5.32 Å². The number of hydrogen-bond donors (Lipinski definition) is 1. The fourth-order valence-electron chi connectivity index (χ4n) is 0.867. The van der Waals surface area contributed by atoms with E-state index in [-0.39, 0.29) is 10.6 Å². The Bertz CT molecular complexity index is 307. The quantitative estimate of drug-likeness (QED) is 0.757. The first-order chi connectivity index (χ1) is 5.88. The van der Waals surface area contributed by atoms with Crippen LogP contribution in [0.25, 0.3) is 0 Å². The highest BCUT2D eigenvalue weighted by Crippen LogP contribution is 2.19. The first-order valence-electron chi connectivity index (χ1n) is 3.98. The number of hydrogen-bond acceptors (Lipinski definition) is 2. The van der Waals surface area contributed by atoms with Crippen molar-refractivity contribution in [3.63, 3.8) is 0 Å². The van der Waals surface area contributed by atoms with Gasteiger partial charge in [0.05, 0.1) is 11.2 Å². The predicted octanol–water partition coefficient (Wildman–Crippen LogP) is 3.08. The Morgan fingerprint density at radius 3 is 2.54 bits per heavy atom. The second-order valence-corrected chi connectivity index (χ2v) is 4.27. The van der Waals surface area contributed by atoms with E-state index >= 15 is 0 Å². The van der Waals surface area contributed by atoms with Crippen molar-refractivity contribution in [3.8, 4) is 0 Å².